The fourth-order valence-electron chi connectivity index (χ4n) is 2.68. The second kappa shape index (κ2) is 5.29. The molecule has 0 radical (unpaired) electrons. The molecular weight excluding hydrogens is 270 g/mol. The Morgan fingerprint density at radius 1 is 1.15 bits per heavy atom. The Bertz CT molecular complexity index is 666. The summed E-state index contributed by atoms with van der Waals surface area (Å²) in [5.41, 5.74) is 4.41. The fraction of sp³-hybridized carbons (Fsp3) is 0.235. The lowest BCUT2D eigenvalue weighted by atomic mass is 9.99. The van der Waals surface area contributed by atoms with Gasteiger partial charge in [-0.15, -0.1) is 0 Å². The molecular formula is C17H16ClNO. The van der Waals surface area contributed by atoms with Gasteiger partial charge in [0.2, 0.25) is 0 Å². The first kappa shape index (κ1) is 13.2. The average Bonchev–Trinajstić information content (AvgIpc) is 2.47. The summed E-state index contributed by atoms with van der Waals surface area (Å²) in [6.45, 7) is 3.36. The third-order valence-corrected chi connectivity index (χ3v) is 4.14. The summed E-state index contributed by atoms with van der Waals surface area (Å²) in [5, 5.41) is 0.703. The van der Waals surface area contributed by atoms with E-state index in [0.717, 1.165) is 25.2 Å². The third kappa shape index (κ3) is 2.44. The van der Waals surface area contributed by atoms with Crippen LogP contribution in [-0.2, 0) is 13.0 Å². The van der Waals surface area contributed by atoms with Crippen LogP contribution in [0, 0.1) is 0 Å². The molecule has 0 aliphatic carbocycles. The van der Waals surface area contributed by atoms with Crippen molar-refractivity contribution in [3.8, 4) is 0 Å². The maximum absolute atomic E-state index is 11.5. The van der Waals surface area contributed by atoms with Crippen LogP contribution in [0.4, 0.5) is 5.69 Å². The van der Waals surface area contributed by atoms with Crippen LogP contribution in [0.25, 0.3) is 0 Å². The first-order chi connectivity index (χ1) is 9.65. The number of benzene rings is 2. The van der Waals surface area contributed by atoms with Gasteiger partial charge in [0.25, 0.3) is 0 Å². The highest BCUT2D eigenvalue weighted by Crippen LogP contribution is 2.31. The van der Waals surface area contributed by atoms with Crippen molar-refractivity contribution in [2.45, 2.75) is 19.9 Å². The van der Waals surface area contributed by atoms with Gasteiger partial charge in [-0.05, 0) is 42.7 Å². The van der Waals surface area contributed by atoms with Crippen molar-refractivity contribution in [3.63, 3.8) is 0 Å². The molecule has 0 amide bonds. The van der Waals surface area contributed by atoms with Crippen molar-refractivity contribution in [1.82, 2.24) is 0 Å². The third-order valence-electron chi connectivity index (χ3n) is 3.82. The quantitative estimate of drug-likeness (QED) is 0.774. The van der Waals surface area contributed by atoms with E-state index in [1.807, 2.05) is 12.1 Å². The van der Waals surface area contributed by atoms with Crippen LogP contribution in [0.2, 0.25) is 5.02 Å². The Hall–Kier alpha value is -1.80. The Morgan fingerprint density at radius 3 is 2.65 bits per heavy atom. The number of ketones is 1. The maximum Gasteiger partial charge on any atom is 0.159 e. The number of anilines is 1. The summed E-state index contributed by atoms with van der Waals surface area (Å²) in [5.74, 6) is 0.0697. The van der Waals surface area contributed by atoms with E-state index in [2.05, 4.69) is 29.2 Å². The molecule has 0 unspecified atom stereocenters. The summed E-state index contributed by atoms with van der Waals surface area (Å²) < 4.78 is 0. The van der Waals surface area contributed by atoms with E-state index in [1.54, 1.807) is 13.0 Å². The van der Waals surface area contributed by atoms with Gasteiger partial charge in [0.15, 0.2) is 5.78 Å². The first-order valence-electron chi connectivity index (χ1n) is 6.77. The van der Waals surface area contributed by atoms with E-state index in [9.17, 15) is 4.79 Å². The zero-order valence-electron chi connectivity index (χ0n) is 11.4. The molecule has 3 rings (SSSR count). The average molecular weight is 286 g/mol. The number of Topliss-reactive ketones (excluding diaryl/α,β-unsaturated/α-hetero) is 1. The van der Waals surface area contributed by atoms with Gasteiger partial charge in [-0.2, -0.15) is 0 Å². The van der Waals surface area contributed by atoms with E-state index in [-0.39, 0.29) is 5.78 Å². The predicted octanol–water partition coefficient (Wildman–Crippen LogP) is 4.11. The Kier molecular flexibility index (Phi) is 3.49. The molecule has 0 atom stereocenters. The van der Waals surface area contributed by atoms with Crippen LogP contribution >= 0.6 is 11.6 Å². The van der Waals surface area contributed by atoms with E-state index >= 15 is 0 Å². The summed E-state index contributed by atoms with van der Waals surface area (Å²) in [7, 11) is 0. The molecule has 2 nitrogen and oxygen atoms in total. The monoisotopic (exact) mass is 285 g/mol. The lowest BCUT2D eigenvalue weighted by Gasteiger charge is -2.31. The minimum atomic E-state index is 0.0697. The molecule has 0 aromatic heterocycles. The number of rotatable bonds is 2. The second-order valence-corrected chi connectivity index (χ2v) is 5.57. The molecule has 0 N–H and O–H groups in total. The lowest BCUT2D eigenvalue weighted by molar-refractivity contribution is 0.101. The summed E-state index contributed by atoms with van der Waals surface area (Å²) in [4.78, 5) is 13.8. The molecule has 1 heterocycles. The number of fused-ring (bicyclic) bond motifs is 1. The number of nitrogens with zero attached hydrogens (tertiary/aromatic N) is 1. The molecule has 1 aliphatic rings. The van der Waals surface area contributed by atoms with Crippen molar-refractivity contribution in [3.05, 3.63) is 64.2 Å². The second-order valence-electron chi connectivity index (χ2n) is 5.16. The summed E-state index contributed by atoms with van der Waals surface area (Å²) in [6.07, 6.45) is 1.01. The Labute approximate surface area is 124 Å². The van der Waals surface area contributed by atoms with Crippen LogP contribution in [0.1, 0.15) is 28.4 Å². The number of carbonyl (C=O) groups is 1. The highest BCUT2D eigenvalue weighted by Gasteiger charge is 2.18. The Morgan fingerprint density at radius 2 is 1.90 bits per heavy atom. The highest BCUT2D eigenvalue weighted by atomic mass is 35.5. The van der Waals surface area contributed by atoms with Gasteiger partial charge in [-0.25, -0.2) is 0 Å². The van der Waals surface area contributed by atoms with Gasteiger partial charge in [0.1, 0.15) is 0 Å². The molecule has 3 heteroatoms. The molecule has 0 saturated carbocycles. The molecule has 102 valence electrons. The van der Waals surface area contributed by atoms with Crippen molar-refractivity contribution in [2.24, 2.45) is 0 Å². The summed E-state index contributed by atoms with van der Waals surface area (Å²) in [6, 6.07) is 14.0. The Balaban J connectivity index is 1.95. The number of hydrogen-bond acceptors (Lipinski definition) is 2. The van der Waals surface area contributed by atoms with Crippen molar-refractivity contribution < 1.29 is 4.79 Å². The molecule has 1 aliphatic heterocycles. The van der Waals surface area contributed by atoms with Gasteiger partial charge >= 0.3 is 0 Å². The van der Waals surface area contributed by atoms with Gasteiger partial charge in [0, 0.05) is 18.7 Å². The number of carbonyl (C=O) groups excluding carboxylic acids is 1. The van der Waals surface area contributed by atoms with Crippen LogP contribution in [0.15, 0.2) is 42.5 Å². The highest BCUT2D eigenvalue weighted by molar-refractivity contribution is 6.33. The zero-order valence-corrected chi connectivity index (χ0v) is 12.2. The zero-order chi connectivity index (χ0) is 14.1. The minimum Gasteiger partial charge on any atom is -0.366 e. The maximum atomic E-state index is 11.5. The van der Waals surface area contributed by atoms with Crippen LogP contribution < -0.4 is 4.90 Å². The topological polar surface area (TPSA) is 20.3 Å². The largest absolute Gasteiger partial charge is 0.366 e. The van der Waals surface area contributed by atoms with E-state index in [1.165, 1.54) is 11.1 Å². The molecule has 0 saturated heterocycles. The van der Waals surface area contributed by atoms with E-state index in [0.29, 0.717) is 10.6 Å². The molecule has 20 heavy (non-hydrogen) atoms. The van der Waals surface area contributed by atoms with Gasteiger partial charge in [0.05, 0.1) is 10.7 Å². The van der Waals surface area contributed by atoms with Gasteiger partial charge in [-0.3, -0.25) is 4.79 Å². The standard InChI is InChI=1S/C17H16ClNO/c1-12(20)14-6-7-16(18)17(10-14)19-9-8-13-4-2-3-5-15(13)11-19/h2-7,10H,8-9,11H2,1H3. The van der Waals surface area contributed by atoms with Gasteiger partial charge < -0.3 is 4.90 Å². The van der Waals surface area contributed by atoms with Crippen molar-refractivity contribution >= 4 is 23.1 Å². The summed E-state index contributed by atoms with van der Waals surface area (Å²) >= 11 is 6.31. The molecule has 0 bridgehead atoms. The van der Waals surface area contributed by atoms with Crippen LogP contribution in [0.5, 0.6) is 0 Å². The minimum absolute atomic E-state index is 0.0697. The van der Waals surface area contributed by atoms with Gasteiger partial charge in [-0.1, -0.05) is 35.9 Å². The molecule has 0 fully saturated rings. The normalized spacial score (nSPS) is 14.0. The van der Waals surface area contributed by atoms with Crippen molar-refractivity contribution in [1.29, 1.82) is 0 Å². The lowest BCUT2D eigenvalue weighted by Crippen LogP contribution is -2.30. The smallest absolute Gasteiger partial charge is 0.159 e. The van der Waals surface area contributed by atoms with Crippen LogP contribution in [-0.4, -0.2) is 12.3 Å². The SMILES string of the molecule is CC(=O)c1ccc(Cl)c(N2CCc3ccccc3C2)c1. The van der Waals surface area contributed by atoms with E-state index in [4.69, 9.17) is 11.6 Å². The van der Waals surface area contributed by atoms with E-state index < -0.39 is 0 Å². The van der Waals surface area contributed by atoms with Crippen molar-refractivity contribution in [2.75, 3.05) is 11.4 Å². The molecule has 2 aromatic carbocycles. The van der Waals surface area contributed by atoms with Crippen LogP contribution in [0.3, 0.4) is 0 Å². The number of hydrogen-bond donors (Lipinski definition) is 0. The molecule has 0 spiro atoms. The first-order valence-corrected chi connectivity index (χ1v) is 7.15. The number of halogens is 1. The predicted molar refractivity (Wildman–Crippen MR) is 82.7 cm³/mol. The molecule has 2 aromatic rings. The fourth-order valence-corrected chi connectivity index (χ4v) is 2.91.